The first-order chi connectivity index (χ1) is 24.8. The summed E-state index contributed by atoms with van der Waals surface area (Å²) in [5, 5.41) is 2.87. The van der Waals surface area contributed by atoms with E-state index in [1.54, 1.807) is 0 Å². The quantitative estimate of drug-likeness (QED) is 0.160. The Bertz CT molecular complexity index is 1390. The van der Waals surface area contributed by atoms with E-state index in [1.807, 2.05) is 37.4 Å². The number of amides is 1. The smallest absolute Gasteiger partial charge is 0.410 e. The molecule has 4 aliphatic rings. The minimum atomic E-state index is -3.45. The van der Waals surface area contributed by atoms with Gasteiger partial charge in [0.25, 0.3) is 5.92 Å². The highest BCUT2D eigenvalue weighted by molar-refractivity contribution is 7.80. The molecule has 288 valence electrons. The van der Waals surface area contributed by atoms with Crippen molar-refractivity contribution in [1.29, 1.82) is 0 Å². The number of halogens is 3. The van der Waals surface area contributed by atoms with Crippen molar-refractivity contribution in [3.8, 4) is 5.75 Å². The van der Waals surface area contributed by atoms with Gasteiger partial charge in [0.1, 0.15) is 19.2 Å². The molecule has 2 aromatic rings. The highest BCUT2D eigenvalue weighted by Gasteiger charge is 2.55. The first kappa shape index (κ1) is 43.8. The van der Waals surface area contributed by atoms with E-state index in [0.717, 1.165) is 55.9 Å². The first-order valence-corrected chi connectivity index (χ1v) is 19.4. The average molecular weight is 745 g/mol. The molecular formula is C41H60BF3N2O4S. The molecule has 6 rings (SSSR count). The number of nitrogens with one attached hydrogen (secondary N) is 1. The Morgan fingerprint density at radius 3 is 2.33 bits per heavy atom. The van der Waals surface area contributed by atoms with Crippen molar-refractivity contribution in [3.05, 3.63) is 66.7 Å². The standard InChI is InChI=1S/C30H38N2O4.C6H10BF3S.C3H8.C2H4/c1-30-14-13-25-24-10-8-23(19-20(24)3-9-26(25)27(30)11-12-28(30)34-2)36-29(33)31-21-4-6-22(7-5-21)32-15-17-35-18-16-32;1-5(7,8)6(9,10)3-2-4-11;1-3-2;1-2/h4-8,10,19,25-28H,3,9,11-18H2,1-2H3,(H,31,33);11H,2-4H2,1H3;3H2,1-2H3;1-2H2. The molecule has 11 heteroatoms. The number of thiol groups is 1. The second-order valence-electron chi connectivity index (χ2n) is 14.6. The van der Waals surface area contributed by atoms with Crippen LogP contribution in [0.25, 0.3) is 0 Å². The van der Waals surface area contributed by atoms with Crippen LogP contribution in [0.3, 0.4) is 0 Å². The Kier molecular flexibility index (Phi) is 17.0. The van der Waals surface area contributed by atoms with Crippen LogP contribution in [0, 0.1) is 17.3 Å². The number of hydrogen-bond donors (Lipinski definition) is 2. The summed E-state index contributed by atoms with van der Waals surface area (Å²) in [7, 11) is 6.50. The van der Waals surface area contributed by atoms with Crippen molar-refractivity contribution >= 4 is 37.9 Å². The van der Waals surface area contributed by atoms with Crippen LogP contribution in [0.4, 0.5) is 29.3 Å². The third-order valence-corrected chi connectivity index (χ3v) is 11.3. The van der Waals surface area contributed by atoms with E-state index in [9.17, 15) is 18.0 Å². The number of methoxy groups -OCH3 is 1. The first-order valence-electron chi connectivity index (χ1n) is 18.8. The zero-order valence-corrected chi connectivity index (χ0v) is 32.8. The number of rotatable bonds is 8. The summed E-state index contributed by atoms with van der Waals surface area (Å²) in [6.45, 7) is 16.7. The van der Waals surface area contributed by atoms with Crippen molar-refractivity contribution < 1.29 is 32.2 Å². The van der Waals surface area contributed by atoms with Crippen LogP contribution in [0.5, 0.6) is 5.75 Å². The Balaban J connectivity index is 0.000000387. The van der Waals surface area contributed by atoms with E-state index in [4.69, 9.17) is 14.2 Å². The van der Waals surface area contributed by atoms with Crippen molar-refractivity contribution in [2.45, 2.75) is 109 Å². The van der Waals surface area contributed by atoms with Gasteiger partial charge < -0.3 is 19.1 Å². The summed E-state index contributed by atoms with van der Waals surface area (Å²) < 4.78 is 54.7. The highest BCUT2D eigenvalue weighted by atomic mass is 32.1. The molecule has 6 nitrogen and oxygen atoms in total. The van der Waals surface area contributed by atoms with Gasteiger partial charge in [0.05, 0.1) is 19.3 Å². The van der Waals surface area contributed by atoms with Crippen molar-refractivity contribution in [2.24, 2.45) is 17.3 Å². The number of nitrogens with zero attached hydrogens (tertiary/aromatic N) is 1. The second kappa shape index (κ2) is 20.2. The van der Waals surface area contributed by atoms with Gasteiger partial charge in [0, 0.05) is 38.0 Å². The molecule has 2 radical (unpaired) electrons. The van der Waals surface area contributed by atoms with Crippen LogP contribution in [0.2, 0.25) is 0 Å². The summed E-state index contributed by atoms with van der Waals surface area (Å²) >= 11 is 3.73. The summed E-state index contributed by atoms with van der Waals surface area (Å²) in [4.78, 5) is 14.9. The van der Waals surface area contributed by atoms with Crippen LogP contribution >= 0.6 is 12.6 Å². The normalized spacial score (nSPS) is 25.8. The van der Waals surface area contributed by atoms with E-state index in [0.29, 0.717) is 35.9 Å². The maximum absolute atomic E-state index is 12.6. The Morgan fingerprint density at radius 1 is 1.08 bits per heavy atom. The molecule has 6 unspecified atom stereocenters. The van der Waals surface area contributed by atoms with Crippen molar-refractivity contribution in [1.82, 2.24) is 0 Å². The lowest BCUT2D eigenvalue weighted by Gasteiger charge is -2.50. The number of fused-ring (bicyclic) bond motifs is 5. The third kappa shape index (κ3) is 11.0. The SMILES string of the molecule is C=C.CCC.COC1CCC2C3CCc4cc(OC(=O)Nc5ccc(N6CCOCC6)cc5)ccc4C3CCC12C.[B]C(C)(F)C(F)(F)CCCS. The zero-order valence-electron chi connectivity index (χ0n) is 31.9. The van der Waals surface area contributed by atoms with Gasteiger partial charge in [-0.1, -0.05) is 33.3 Å². The van der Waals surface area contributed by atoms with E-state index < -0.39 is 24.0 Å². The lowest BCUT2D eigenvalue weighted by atomic mass is 9.55. The number of carbonyl (C=O) groups excluding carboxylic acids is 1. The fourth-order valence-corrected chi connectivity index (χ4v) is 8.49. The van der Waals surface area contributed by atoms with Gasteiger partial charge in [-0.15, -0.1) is 13.2 Å². The van der Waals surface area contributed by atoms with Gasteiger partial charge in [-0.05, 0) is 128 Å². The van der Waals surface area contributed by atoms with Crippen LogP contribution in [-0.4, -0.2) is 70.7 Å². The zero-order chi connectivity index (χ0) is 38.5. The molecular weight excluding hydrogens is 684 g/mol. The average Bonchev–Trinajstić information content (AvgIpc) is 3.48. The molecule has 2 saturated carbocycles. The van der Waals surface area contributed by atoms with Gasteiger partial charge in [-0.2, -0.15) is 12.6 Å². The molecule has 0 bridgehead atoms. The van der Waals surface area contributed by atoms with Gasteiger partial charge in [-0.25, -0.2) is 18.0 Å². The number of carbonyl (C=O) groups is 1. The lowest BCUT2D eigenvalue weighted by molar-refractivity contribution is -0.0929. The summed E-state index contributed by atoms with van der Waals surface area (Å²) in [5.41, 5.74) is 2.10. The number of ether oxygens (including phenoxy) is 3. The predicted octanol–water partition coefficient (Wildman–Crippen LogP) is 10.4. The Labute approximate surface area is 317 Å². The molecule has 52 heavy (non-hydrogen) atoms. The minimum absolute atomic E-state index is 0.160. The van der Waals surface area contributed by atoms with Gasteiger partial charge in [-0.3, -0.25) is 5.32 Å². The monoisotopic (exact) mass is 744 g/mol. The molecule has 2 aromatic carbocycles. The maximum Gasteiger partial charge on any atom is 0.417 e. The van der Waals surface area contributed by atoms with Crippen LogP contribution in [-0.2, 0) is 15.9 Å². The van der Waals surface area contributed by atoms with Crippen molar-refractivity contribution in [2.75, 3.05) is 49.4 Å². The molecule has 1 N–H and O–H groups in total. The lowest BCUT2D eigenvalue weighted by Crippen LogP contribution is -2.44. The Morgan fingerprint density at radius 2 is 1.73 bits per heavy atom. The second-order valence-corrected chi connectivity index (χ2v) is 15.0. The van der Waals surface area contributed by atoms with E-state index in [1.165, 1.54) is 49.7 Å². The number of aryl methyl sites for hydroxylation is 1. The number of hydrogen-bond acceptors (Lipinski definition) is 6. The largest absolute Gasteiger partial charge is 0.417 e. The Hall–Kier alpha value is -2.63. The predicted molar refractivity (Wildman–Crippen MR) is 211 cm³/mol. The molecule has 1 aliphatic heterocycles. The highest BCUT2D eigenvalue weighted by Crippen LogP contribution is 2.61. The summed E-state index contributed by atoms with van der Waals surface area (Å²) in [5.74, 6) is -0.398. The molecule has 3 aliphatic carbocycles. The third-order valence-electron chi connectivity index (χ3n) is 11.0. The fourth-order valence-electron chi connectivity index (χ4n) is 8.33. The molecule has 1 amide bonds. The molecule has 6 atom stereocenters. The van der Waals surface area contributed by atoms with Crippen LogP contribution in [0.15, 0.2) is 55.6 Å². The number of alkyl halides is 3. The number of benzene rings is 2. The minimum Gasteiger partial charge on any atom is -0.410 e. The molecule has 3 fully saturated rings. The van der Waals surface area contributed by atoms with Crippen LogP contribution < -0.4 is 15.0 Å². The van der Waals surface area contributed by atoms with Gasteiger partial charge in [0.2, 0.25) is 0 Å². The maximum atomic E-state index is 12.6. The number of anilines is 2. The van der Waals surface area contributed by atoms with Gasteiger partial charge in [0.15, 0.2) is 0 Å². The molecule has 1 saturated heterocycles. The number of morpholine rings is 1. The molecule has 0 aromatic heterocycles. The van der Waals surface area contributed by atoms with Gasteiger partial charge >= 0.3 is 6.09 Å². The van der Waals surface area contributed by atoms with Crippen LogP contribution in [0.1, 0.15) is 96.1 Å². The molecule has 1 heterocycles. The summed E-state index contributed by atoms with van der Waals surface area (Å²) in [6.07, 6.45) is 8.05. The fraction of sp³-hybridized carbons (Fsp3) is 0.634. The van der Waals surface area contributed by atoms with E-state index >= 15 is 0 Å². The van der Waals surface area contributed by atoms with Crippen molar-refractivity contribution in [3.63, 3.8) is 0 Å². The topological polar surface area (TPSA) is 60.0 Å². The summed E-state index contributed by atoms with van der Waals surface area (Å²) in [6, 6.07) is 14.2. The van der Waals surface area contributed by atoms with E-state index in [-0.39, 0.29) is 6.42 Å². The molecule has 0 spiro atoms. The van der Waals surface area contributed by atoms with E-state index in [2.05, 4.69) is 76.8 Å².